The van der Waals surface area contributed by atoms with E-state index in [4.69, 9.17) is 9.47 Å². The SMILES string of the molecule is C=CC(=O)OC1COC(=O)C1(C)C. The van der Waals surface area contributed by atoms with Gasteiger partial charge in [-0.1, -0.05) is 6.58 Å². The molecule has 0 amide bonds. The van der Waals surface area contributed by atoms with Crippen LogP contribution in [0, 0.1) is 5.41 Å². The summed E-state index contributed by atoms with van der Waals surface area (Å²) in [5, 5.41) is 0. The molecule has 1 saturated heterocycles. The third-order valence-corrected chi connectivity index (χ3v) is 2.12. The molecule has 0 aliphatic carbocycles. The normalized spacial score (nSPS) is 25.1. The Morgan fingerprint density at radius 2 is 2.38 bits per heavy atom. The van der Waals surface area contributed by atoms with Gasteiger partial charge in [-0.3, -0.25) is 4.79 Å². The average Bonchev–Trinajstić information content (AvgIpc) is 2.31. The van der Waals surface area contributed by atoms with Crippen molar-refractivity contribution in [2.75, 3.05) is 6.61 Å². The third kappa shape index (κ3) is 1.71. The Balaban J connectivity index is 2.67. The van der Waals surface area contributed by atoms with Crippen molar-refractivity contribution in [2.45, 2.75) is 20.0 Å². The molecule has 0 spiro atoms. The Bertz CT molecular complexity index is 254. The maximum atomic E-state index is 11.1. The van der Waals surface area contributed by atoms with Gasteiger partial charge in [0.05, 0.1) is 0 Å². The minimum atomic E-state index is -0.751. The Hall–Kier alpha value is -1.32. The fraction of sp³-hybridized carbons (Fsp3) is 0.556. The minimum absolute atomic E-state index is 0.130. The molecule has 0 N–H and O–H groups in total. The maximum Gasteiger partial charge on any atom is 0.330 e. The summed E-state index contributed by atoms with van der Waals surface area (Å²) < 4.78 is 9.72. The molecule has 0 bridgehead atoms. The Morgan fingerprint density at radius 3 is 2.77 bits per heavy atom. The summed E-state index contributed by atoms with van der Waals surface area (Å²) in [6.07, 6.45) is 0.560. The lowest BCUT2D eigenvalue weighted by molar-refractivity contribution is -0.149. The summed E-state index contributed by atoms with van der Waals surface area (Å²) >= 11 is 0. The predicted octanol–water partition coefficient (Wildman–Crippen LogP) is 0.667. The van der Waals surface area contributed by atoms with E-state index in [1.165, 1.54) is 0 Å². The molecule has 1 aliphatic rings. The van der Waals surface area contributed by atoms with Crippen molar-refractivity contribution in [3.05, 3.63) is 12.7 Å². The lowest BCUT2D eigenvalue weighted by Crippen LogP contribution is -2.34. The molecule has 1 heterocycles. The number of cyclic esters (lactones) is 1. The van der Waals surface area contributed by atoms with E-state index >= 15 is 0 Å². The highest BCUT2D eigenvalue weighted by Crippen LogP contribution is 2.31. The van der Waals surface area contributed by atoms with Crippen LogP contribution in [0.5, 0.6) is 0 Å². The fourth-order valence-electron chi connectivity index (χ4n) is 1.05. The molecule has 13 heavy (non-hydrogen) atoms. The number of ether oxygens (including phenoxy) is 2. The Morgan fingerprint density at radius 1 is 1.77 bits per heavy atom. The first-order chi connectivity index (χ1) is 5.98. The molecule has 1 rings (SSSR count). The maximum absolute atomic E-state index is 11.1. The van der Waals surface area contributed by atoms with Crippen molar-refractivity contribution in [3.8, 4) is 0 Å². The molecule has 72 valence electrons. The quantitative estimate of drug-likeness (QED) is 0.467. The van der Waals surface area contributed by atoms with Gasteiger partial charge in [0.1, 0.15) is 12.0 Å². The van der Waals surface area contributed by atoms with Crippen molar-refractivity contribution in [1.29, 1.82) is 0 Å². The van der Waals surface area contributed by atoms with E-state index in [0.717, 1.165) is 6.08 Å². The van der Waals surface area contributed by atoms with Gasteiger partial charge in [-0.25, -0.2) is 4.79 Å². The van der Waals surface area contributed by atoms with Crippen molar-refractivity contribution < 1.29 is 19.1 Å². The van der Waals surface area contributed by atoms with Crippen LogP contribution in [0.25, 0.3) is 0 Å². The first-order valence-corrected chi connectivity index (χ1v) is 3.98. The van der Waals surface area contributed by atoms with Crippen LogP contribution in [0.3, 0.4) is 0 Å². The number of carbonyl (C=O) groups is 2. The summed E-state index contributed by atoms with van der Waals surface area (Å²) in [5.74, 6) is -0.870. The highest BCUT2D eigenvalue weighted by atomic mass is 16.6. The minimum Gasteiger partial charge on any atom is -0.461 e. The van der Waals surface area contributed by atoms with Crippen molar-refractivity contribution in [3.63, 3.8) is 0 Å². The number of esters is 2. The summed E-state index contributed by atoms with van der Waals surface area (Å²) in [4.78, 5) is 22.0. The molecule has 0 aromatic rings. The second kappa shape index (κ2) is 3.20. The molecule has 4 heteroatoms. The second-order valence-electron chi connectivity index (χ2n) is 3.45. The number of hydrogen-bond donors (Lipinski definition) is 0. The number of rotatable bonds is 2. The smallest absolute Gasteiger partial charge is 0.330 e. The predicted molar refractivity (Wildman–Crippen MR) is 44.8 cm³/mol. The number of hydrogen-bond acceptors (Lipinski definition) is 4. The molecule has 0 aromatic carbocycles. The third-order valence-electron chi connectivity index (χ3n) is 2.12. The van der Waals surface area contributed by atoms with Gasteiger partial charge in [0.2, 0.25) is 0 Å². The van der Waals surface area contributed by atoms with Gasteiger partial charge in [-0.2, -0.15) is 0 Å². The zero-order valence-corrected chi connectivity index (χ0v) is 7.70. The Kier molecular flexibility index (Phi) is 2.40. The molecule has 1 fully saturated rings. The first-order valence-electron chi connectivity index (χ1n) is 3.98. The molecular weight excluding hydrogens is 172 g/mol. The summed E-state index contributed by atoms with van der Waals surface area (Å²) in [6, 6.07) is 0. The van der Waals surface area contributed by atoms with E-state index < -0.39 is 17.5 Å². The first kappa shape index (κ1) is 9.77. The lowest BCUT2D eigenvalue weighted by Gasteiger charge is -2.20. The zero-order valence-electron chi connectivity index (χ0n) is 7.70. The monoisotopic (exact) mass is 184 g/mol. The van der Waals surface area contributed by atoms with Crippen LogP contribution >= 0.6 is 0 Å². The second-order valence-corrected chi connectivity index (χ2v) is 3.45. The molecule has 0 aromatic heterocycles. The lowest BCUT2D eigenvalue weighted by atomic mass is 9.89. The van der Waals surface area contributed by atoms with Crippen LogP contribution in [0.1, 0.15) is 13.8 Å². The highest BCUT2D eigenvalue weighted by Gasteiger charge is 2.47. The topological polar surface area (TPSA) is 52.6 Å². The highest BCUT2D eigenvalue weighted by molar-refractivity contribution is 5.83. The van der Waals surface area contributed by atoms with Crippen LogP contribution in [-0.2, 0) is 19.1 Å². The summed E-state index contributed by atoms with van der Waals surface area (Å²) in [5.41, 5.74) is -0.751. The summed E-state index contributed by atoms with van der Waals surface area (Å²) in [7, 11) is 0. The van der Waals surface area contributed by atoms with Gasteiger partial charge >= 0.3 is 11.9 Å². The summed E-state index contributed by atoms with van der Waals surface area (Å²) in [6.45, 7) is 6.77. The van der Waals surface area contributed by atoms with Crippen LogP contribution in [0.4, 0.5) is 0 Å². The van der Waals surface area contributed by atoms with Crippen molar-refractivity contribution in [1.82, 2.24) is 0 Å². The largest absolute Gasteiger partial charge is 0.461 e. The van der Waals surface area contributed by atoms with Crippen LogP contribution in [0.15, 0.2) is 12.7 Å². The molecular formula is C9H12O4. The average molecular weight is 184 g/mol. The fourth-order valence-corrected chi connectivity index (χ4v) is 1.05. The van der Waals surface area contributed by atoms with Crippen LogP contribution in [-0.4, -0.2) is 24.6 Å². The van der Waals surface area contributed by atoms with Gasteiger partial charge in [0.25, 0.3) is 0 Å². The molecule has 4 nitrogen and oxygen atoms in total. The van der Waals surface area contributed by atoms with E-state index in [-0.39, 0.29) is 12.6 Å². The molecule has 1 atom stereocenters. The molecule has 0 saturated carbocycles. The van der Waals surface area contributed by atoms with Gasteiger partial charge in [0.15, 0.2) is 6.10 Å². The zero-order chi connectivity index (χ0) is 10.1. The van der Waals surface area contributed by atoms with Crippen LogP contribution < -0.4 is 0 Å². The van der Waals surface area contributed by atoms with E-state index in [0.29, 0.717) is 0 Å². The molecule has 0 radical (unpaired) electrons. The standard InChI is InChI=1S/C9H12O4/c1-4-7(10)13-6-5-12-8(11)9(6,2)3/h4,6H,1,5H2,2-3H3. The van der Waals surface area contributed by atoms with E-state index in [1.807, 2.05) is 0 Å². The van der Waals surface area contributed by atoms with Gasteiger partial charge in [-0.05, 0) is 13.8 Å². The molecule has 1 unspecified atom stereocenters. The van der Waals surface area contributed by atoms with Crippen molar-refractivity contribution in [2.24, 2.45) is 5.41 Å². The van der Waals surface area contributed by atoms with E-state index in [2.05, 4.69) is 6.58 Å². The molecule has 1 aliphatic heterocycles. The van der Waals surface area contributed by atoms with Gasteiger partial charge < -0.3 is 9.47 Å². The van der Waals surface area contributed by atoms with Crippen LogP contribution in [0.2, 0.25) is 0 Å². The number of carbonyl (C=O) groups excluding carboxylic acids is 2. The van der Waals surface area contributed by atoms with Gasteiger partial charge in [0, 0.05) is 6.08 Å². The van der Waals surface area contributed by atoms with Crippen molar-refractivity contribution >= 4 is 11.9 Å². The Labute approximate surface area is 76.5 Å². The van der Waals surface area contributed by atoms with E-state index in [9.17, 15) is 9.59 Å². The van der Waals surface area contributed by atoms with E-state index in [1.54, 1.807) is 13.8 Å². The van der Waals surface area contributed by atoms with Gasteiger partial charge in [-0.15, -0.1) is 0 Å².